The van der Waals surface area contributed by atoms with Gasteiger partial charge in [-0.3, -0.25) is 29.3 Å². The van der Waals surface area contributed by atoms with Crippen LogP contribution in [0.25, 0.3) is 0 Å². The van der Waals surface area contributed by atoms with Crippen LogP contribution in [0, 0.1) is 33.8 Å². The molecular weight excluding hydrogens is 454 g/mol. The lowest BCUT2D eigenvalue weighted by atomic mass is 9.81. The minimum atomic E-state index is -0.829. The molecule has 10 nitrogen and oxygen atoms in total. The van der Waals surface area contributed by atoms with E-state index in [1.165, 1.54) is 37.4 Å². The number of ether oxygens (including phenoxy) is 1. The van der Waals surface area contributed by atoms with Gasteiger partial charge in [0.1, 0.15) is 12.3 Å². The Morgan fingerprint density at radius 2 is 1.66 bits per heavy atom. The number of amides is 3. The summed E-state index contributed by atoms with van der Waals surface area (Å²) in [5.74, 6) is -2.52. The molecule has 1 heterocycles. The monoisotopic (exact) mass is 477 g/mol. The number of non-ortho nitro benzene ring substituents is 1. The molecule has 35 heavy (non-hydrogen) atoms. The molecule has 0 radical (unpaired) electrons. The Hall–Kier alpha value is -4.08. The molecule has 0 spiro atoms. The molecule has 3 aliphatic rings. The average Bonchev–Trinajstić information content (AvgIpc) is 3.56. The number of nitro groups is 1. The number of nitro benzene ring substituents is 1. The fourth-order valence-corrected chi connectivity index (χ4v) is 5.77. The zero-order valence-electron chi connectivity index (χ0n) is 19.0. The SMILES string of the molecule is COc1ccc(C(=O)CN(C(=O)c2cccc([N+](=O)[O-])c2)N2C(=O)[C@@H]3[C@H]4CC[C@@H](C4)[C@@H]3C2=O)cc1. The molecule has 180 valence electrons. The molecule has 2 aliphatic carbocycles. The van der Waals surface area contributed by atoms with Gasteiger partial charge in [0.15, 0.2) is 5.78 Å². The molecule has 5 rings (SSSR count). The lowest BCUT2D eigenvalue weighted by Gasteiger charge is -2.30. The Morgan fingerprint density at radius 3 is 2.23 bits per heavy atom. The predicted molar refractivity (Wildman–Crippen MR) is 121 cm³/mol. The highest BCUT2D eigenvalue weighted by molar-refractivity contribution is 6.10. The molecule has 0 unspecified atom stereocenters. The Morgan fingerprint density at radius 1 is 1.03 bits per heavy atom. The Bertz CT molecular complexity index is 1210. The number of imide groups is 1. The van der Waals surface area contributed by atoms with E-state index in [9.17, 15) is 29.3 Å². The number of benzene rings is 2. The number of methoxy groups -OCH3 is 1. The number of Topliss-reactive ketones (excluding diaryl/α,β-unsaturated/α-hetero) is 1. The fourth-order valence-electron chi connectivity index (χ4n) is 5.77. The van der Waals surface area contributed by atoms with E-state index < -0.39 is 46.8 Å². The van der Waals surface area contributed by atoms with Gasteiger partial charge in [-0.25, -0.2) is 5.01 Å². The van der Waals surface area contributed by atoms with E-state index in [1.807, 2.05) is 0 Å². The molecule has 3 amide bonds. The van der Waals surface area contributed by atoms with Crippen molar-refractivity contribution in [1.82, 2.24) is 10.0 Å². The molecule has 10 heteroatoms. The third kappa shape index (κ3) is 3.74. The largest absolute Gasteiger partial charge is 0.497 e. The molecule has 2 aromatic rings. The highest BCUT2D eigenvalue weighted by Gasteiger charge is 2.62. The van der Waals surface area contributed by atoms with Crippen LogP contribution >= 0.6 is 0 Å². The summed E-state index contributed by atoms with van der Waals surface area (Å²) in [6, 6.07) is 11.2. The van der Waals surface area contributed by atoms with Gasteiger partial charge >= 0.3 is 0 Å². The lowest BCUT2D eigenvalue weighted by Crippen LogP contribution is -2.52. The second-order valence-corrected chi connectivity index (χ2v) is 9.19. The number of hydrogen-bond acceptors (Lipinski definition) is 7. The highest BCUT2D eigenvalue weighted by Crippen LogP contribution is 2.56. The summed E-state index contributed by atoms with van der Waals surface area (Å²) >= 11 is 0. The standard InChI is InChI=1S/C25H23N3O7/c1-35-19-9-7-14(8-10-19)20(29)13-26(23(30)17-3-2-4-18(12-17)28(33)34)27-24(31)21-15-5-6-16(11-15)22(21)25(27)32/h2-4,7-10,12,15-16,21-22H,5-6,11,13H2,1H3/t15-,16-,21-,22+/m0/s1. The molecule has 3 fully saturated rings. The summed E-state index contributed by atoms with van der Waals surface area (Å²) in [6.07, 6.45) is 2.55. The van der Waals surface area contributed by atoms with Crippen molar-refractivity contribution in [1.29, 1.82) is 0 Å². The third-order valence-electron chi connectivity index (χ3n) is 7.39. The van der Waals surface area contributed by atoms with E-state index in [2.05, 4.69) is 0 Å². The second kappa shape index (κ2) is 8.61. The summed E-state index contributed by atoms with van der Waals surface area (Å²) in [5.41, 5.74) is -0.143. The maximum Gasteiger partial charge on any atom is 0.273 e. The van der Waals surface area contributed by atoms with Crippen molar-refractivity contribution in [2.24, 2.45) is 23.7 Å². The fraction of sp³-hybridized carbons (Fsp3) is 0.360. The normalized spacial score (nSPS) is 24.4. The van der Waals surface area contributed by atoms with Crippen LogP contribution in [0.4, 0.5) is 5.69 Å². The van der Waals surface area contributed by atoms with E-state index in [1.54, 1.807) is 12.1 Å². The first-order valence-electron chi connectivity index (χ1n) is 11.4. The summed E-state index contributed by atoms with van der Waals surface area (Å²) < 4.78 is 5.11. The maximum absolute atomic E-state index is 13.5. The number of rotatable bonds is 7. The number of carbonyl (C=O) groups excluding carboxylic acids is 4. The van der Waals surface area contributed by atoms with Crippen LogP contribution in [0.3, 0.4) is 0 Å². The number of carbonyl (C=O) groups is 4. The number of hydrogen-bond donors (Lipinski definition) is 0. The van der Waals surface area contributed by atoms with Gasteiger partial charge in [0.05, 0.1) is 23.9 Å². The van der Waals surface area contributed by atoms with Crippen molar-refractivity contribution in [3.8, 4) is 5.75 Å². The van der Waals surface area contributed by atoms with Crippen LogP contribution in [-0.2, 0) is 9.59 Å². The number of nitrogens with zero attached hydrogens (tertiary/aromatic N) is 3. The van der Waals surface area contributed by atoms with Gasteiger partial charge in [0.2, 0.25) is 0 Å². The summed E-state index contributed by atoms with van der Waals surface area (Å²) in [5, 5.41) is 12.9. The van der Waals surface area contributed by atoms with Crippen LogP contribution in [0.15, 0.2) is 48.5 Å². The van der Waals surface area contributed by atoms with Crippen molar-refractivity contribution in [2.75, 3.05) is 13.7 Å². The second-order valence-electron chi connectivity index (χ2n) is 9.19. The molecular formula is C25H23N3O7. The van der Waals surface area contributed by atoms with E-state index in [0.717, 1.165) is 35.3 Å². The van der Waals surface area contributed by atoms with Gasteiger partial charge in [-0.05, 0) is 61.4 Å². The van der Waals surface area contributed by atoms with Gasteiger partial charge in [-0.15, -0.1) is 0 Å². The molecule has 2 saturated carbocycles. The van der Waals surface area contributed by atoms with Crippen LogP contribution in [0.5, 0.6) is 5.75 Å². The maximum atomic E-state index is 13.5. The summed E-state index contributed by atoms with van der Waals surface area (Å²) in [6.45, 7) is -0.569. The van der Waals surface area contributed by atoms with Crippen molar-refractivity contribution in [2.45, 2.75) is 19.3 Å². The van der Waals surface area contributed by atoms with E-state index in [0.29, 0.717) is 5.75 Å². The number of fused-ring (bicyclic) bond motifs is 5. The first-order valence-corrected chi connectivity index (χ1v) is 11.4. The van der Waals surface area contributed by atoms with Crippen molar-refractivity contribution >= 4 is 29.2 Å². The first-order chi connectivity index (χ1) is 16.8. The molecule has 2 bridgehead atoms. The van der Waals surface area contributed by atoms with Crippen LogP contribution < -0.4 is 4.74 Å². The van der Waals surface area contributed by atoms with Crippen molar-refractivity contribution < 1.29 is 28.8 Å². The summed E-state index contributed by atoms with van der Waals surface area (Å²) in [7, 11) is 1.49. The minimum Gasteiger partial charge on any atom is -0.497 e. The molecule has 0 aromatic heterocycles. The van der Waals surface area contributed by atoms with E-state index in [4.69, 9.17) is 4.74 Å². The van der Waals surface area contributed by atoms with Gasteiger partial charge in [-0.2, -0.15) is 5.01 Å². The van der Waals surface area contributed by atoms with Gasteiger partial charge in [0.25, 0.3) is 23.4 Å². The molecule has 1 saturated heterocycles. The van der Waals surface area contributed by atoms with Crippen LogP contribution in [-0.4, -0.2) is 52.1 Å². The van der Waals surface area contributed by atoms with E-state index >= 15 is 0 Å². The highest BCUT2D eigenvalue weighted by atomic mass is 16.6. The zero-order valence-corrected chi connectivity index (χ0v) is 19.0. The van der Waals surface area contributed by atoms with Gasteiger partial charge in [0, 0.05) is 23.3 Å². The Kier molecular flexibility index (Phi) is 5.58. The smallest absolute Gasteiger partial charge is 0.273 e. The lowest BCUT2D eigenvalue weighted by molar-refractivity contribution is -0.384. The quantitative estimate of drug-likeness (QED) is 0.260. The Balaban J connectivity index is 1.50. The number of ketones is 1. The Labute approximate surface area is 200 Å². The molecule has 2 aromatic carbocycles. The minimum absolute atomic E-state index is 0.0950. The zero-order chi connectivity index (χ0) is 24.9. The molecule has 4 atom stereocenters. The third-order valence-corrected chi connectivity index (χ3v) is 7.39. The number of hydrazine groups is 1. The van der Waals surface area contributed by atoms with Gasteiger partial charge < -0.3 is 4.74 Å². The first kappa shape index (κ1) is 22.7. The van der Waals surface area contributed by atoms with E-state index in [-0.39, 0.29) is 28.7 Å². The molecule has 1 aliphatic heterocycles. The molecule has 0 N–H and O–H groups in total. The van der Waals surface area contributed by atoms with Crippen molar-refractivity contribution in [3.63, 3.8) is 0 Å². The average molecular weight is 477 g/mol. The predicted octanol–water partition coefficient (Wildman–Crippen LogP) is 2.87. The van der Waals surface area contributed by atoms with Crippen LogP contribution in [0.1, 0.15) is 40.0 Å². The van der Waals surface area contributed by atoms with Crippen molar-refractivity contribution in [3.05, 3.63) is 69.8 Å². The van der Waals surface area contributed by atoms with Crippen LogP contribution in [0.2, 0.25) is 0 Å². The van der Waals surface area contributed by atoms with Gasteiger partial charge in [-0.1, -0.05) is 6.07 Å². The topological polar surface area (TPSA) is 127 Å². The summed E-state index contributed by atoms with van der Waals surface area (Å²) in [4.78, 5) is 64.1.